The molecule has 2 atom stereocenters. The standard InChI is InChI=1S/C13H18ClNO3.ClH/c1-13(2,3)12(16)11(15)7-4-9-10(5-8(7)14)18-6-17-9;/h4-5,11-12,16H,6,15H2,1-3H3;1H/t11-,12-;/m0./s1. The molecule has 6 heteroatoms. The van der Waals surface area contributed by atoms with Gasteiger partial charge in [0, 0.05) is 11.1 Å². The van der Waals surface area contributed by atoms with Crippen LogP contribution in [-0.4, -0.2) is 18.0 Å². The highest BCUT2D eigenvalue weighted by Gasteiger charge is 2.31. The molecule has 0 aromatic heterocycles. The van der Waals surface area contributed by atoms with Gasteiger partial charge >= 0.3 is 0 Å². The van der Waals surface area contributed by atoms with Crippen molar-refractivity contribution in [1.29, 1.82) is 0 Å². The number of fused-ring (bicyclic) bond motifs is 1. The molecule has 1 heterocycles. The van der Waals surface area contributed by atoms with Gasteiger partial charge in [-0.2, -0.15) is 0 Å². The molecule has 19 heavy (non-hydrogen) atoms. The lowest BCUT2D eigenvalue weighted by Crippen LogP contribution is -2.37. The van der Waals surface area contributed by atoms with Gasteiger partial charge in [-0.05, 0) is 17.0 Å². The quantitative estimate of drug-likeness (QED) is 0.882. The zero-order valence-electron chi connectivity index (χ0n) is 11.1. The van der Waals surface area contributed by atoms with Gasteiger partial charge in [0.25, 0.3) is 0 Å². The van der Waals surface area contributed by atoms with Crippen molar-refractivity contribution in [3.8, 4) is 11.5 Å². The van der Waals surface area contributed by atoms with Gasteiger partial charge < -0.3 is 20.3 Å². The van der Waals surface area contributed by atoms with Crippen LogP contribution in [0.15, 0.2) is 12.1 Å². The van der Waals surface area contributed by atoms with E-state index in [0.29, 0.717) is 22.1 Å². The van der Waals surface area contributed by atoms with Crippen molar-refractivity contribution in [2.75, 3.05) is 6.79 Å². The largest absolute Gasteiger partial charge is 0.454 e. The van der Waals surface area contributed by atoms with Crippen LogP contribution in [0.1, 0.15) is 32.4 Å². The molecular formula is C13H19Cl2NO3. The third-order valence-corrected chi connectivity index (χ3v) is 3.41. The normalized spacial score (nSPS) is 16.7. The van der Waals surface area contributed by atoms with Crippen molar-refractivity contribution in [3.05, 3.63) is 22.7 Å². The van der Waals surface area contributed by atoms with Crippen molar-refractivity contribution in [2.45, 2.75) is 32.9 Å². The van der Waals surface area contributed by atoms with Crippen LogP contribution >= 0.6 is 24.0 Å². The number of ether oxygens (including phenoxy) is 2. The molecule has 1 aromatic rings. The number of hydrogen-bond acceptors (Lipinski definition) is 4. The average molecular weight is 308 g/mol. The topological polar surface area (TPSA) is 64.7 Å². The highest BCUT2D eigenvalue weighted by Crippen LogP contribution is 2.40. The lowest BCUT2D eigenvalue weighted by atomic mass is 9.82. The molecule has 0 saturated carbocycles. The second-order valence-electron chi connectivity index (χ2n) is 5.56. The second-order valence-corrected chi connectivity index (χ2v) is 5.97. The van der Waals surface area contributed by atoms with E-state index < -0.39 is 12.1 Å². The van der Waals surface area contributed by atoms with Crippen molar-refractivity contribution < 1.29 is 14.6 Å². The first-order chi connectivity index (χ1) is 8.30. The van der Waals surface area contributed by atoms with Crippen LogP contribution in [0.4, 0.5) is 0 Å². The summed E-state index contributed by atoms with van der Waals surface area (Å²) in [6.07, 6.45) is -0.699. The van der Waals surface area contributed by atoms with Gasteiger partial charge in [-0.1, -0.05) is 32.4 Å². The van der Waals surface area contributed by atoms with E-state index in [9.17, 15) is 5.11 Å². The van der Waals surface area contributed by atoms with Crippen molar-refractivity contribution >= 4 is 24.0 Å². The predicted octanol–water partition coefficient (Wildman–Crippen LogP) is 2.90. The Labute approximate surface area is 124 Å². The summed E-state index contributed by atoms with van der Waals surface area (Å²) in [6, 6.07) is 2.85. The van der Waals surface area contributed by atoms with Crippen LogP contribution in [0.25, 0.3) is 0 Å². The molecule has 2 rings (SSSR count). The number of nitrogens with two attached hydrogens (primary N) is 1. The monoisotopic (exact) mass is 307 g/mol. The van der Waals surface area contributed by atoms with Crippen LogP contribution in [0.2, 0.25) is 5.02 Å². The van der Waals surface area contributed by atoms with Crippen LogP contribution in [-0.2, 0) is 0 Å². The third kappa shape index (κ3) is 3.26. The SMILES string of the molecule is CC(C)(C)[C@@H](O)[C@@H](N)c1cc2c(cc1Cl)OCO2.Cl. The summed E-state index contributed by atoms with van der Waals surface area (Å²) in [7, 11) is 0. The molecule has 0 fully saturated rings. The highest BCUT2D eigenvalue weighted by molar-refractivity contribution is 6.31. The van der Waals surface area contributed by atoms with Crippen molar-refractivity contribution in [3.63, 3.8) is 0 Å². The zero-order valence-corrected chi connectivity index (χ0v) is 12.7. The fraction of sp³-hybridized carbons (Fsp3) is 0.538. The first-order valence-corrected chi connectivity index (χ1v) is 6.21. The van der Waals surface area contributed by atoms with E-state index in [2.05, 4.69) is 0 Å². The average Bonchev–Trinajstić information content (AvgIpc) is 2.71. The maximum atomic E-state index is 10.2. The second kappa shape index (κ2) is 5.75. The van der Waals surface area contributed by atoms with E-state index in [-0.39, 0.29) is 24.6 Å². The van der Waals surface area contributed by atoms with E-state index >= 15 is 0 Å². The number of benzene rings is 1. The minimum atomic E-state index is -0.699. The van der Waals surface area contributed by atoms with E-state index in [0.717, 1.165) is 0 Å². The predicted molar refractivity (Wildman–Crippen MR) is 77.2 cm³/mol. The van der Waals surface area contributed by atoms with Gasteiger partial charge in [0.05, 0.1) is 12.1 Å². The van der Waals surface area contributed by atoms with Gasteiger partial charge in [0.2, 0.25) is 6.79 Å². The highest BCUT2D eigenvalue weighted by atomic mass is 35.5. The number of hydrogen-bond donors (Lipinski definition) is 2. The molecule has 1 aliphatic heterocycles. The molecular weight excluding hydrogens is 289 g/mol. The molecule has 0 radical (unpaired) electrons. The minimum absolute atomic E-state index is 0. The molecule has 3 N–H and O–H groups in total. The van der Waals surface area contributed by atoms with Gasteiger partial charge in [-0.3, -0.25) is 0 Å². The number of aliphatic hydroxyl groups is 1. The van der Waals surface area contributed by atoms with E-state index in [1.54, 1.807) is 12.1 Å². The summed E-state index contributed by atoms with van der Waals surface area (Å²) < 4.78 is 10.5. The van der Waals surface area contributed by atoms with Crippen LogP contribution in [0.3, 0.4) is 0 Å². The number of aliphatic hydroxyl groups excluding tert-OH is 1. The van der Waals surface area contributed by atoms with Gasteiger partial charge in [0.15, 0.2) is 11.5 Å². The summed E-state index contributed by atoms with van der Waals surface area (Å²) in [5.74, 6) is 1.23. The van der Waals surface area contributed by atoms with Crippen LogP contribution < -0.4 is 15.2 Å². The van der Waals surface area contributed by atoms with Crippen molar-refractivity contribution in [1.82, 2.24) is 0 Å². The molecule has 0 amide bonds. The fourth-order valence-corrected chi connectivity index (χ4v) is 2.18. The summed E-state index contributed by atoms with van der Waals surface area (Å²) in [5.41, 5.74) is 6.44. The van der Waals surface area contributed by atoms with Gasteiger partial charge in [-0.25, -0.2) is 0 Å². The summed E-state index contributed by atoms with van der Waals surface area (Å²) >= 11 is 6.17. The smallest absolute Gasteiger partial charge is 0.231 e. The van der Waals surface area contributed by atoms with E-state index in [1.807, 2.05) is 20.8 Å². The molecule has 0 bridgehead atoms. The Morgan fingerprint density at radius 2 is 1.79 bits per heavy atom. The molecule has 0 aliphatic carbocycles. The molecule has 0 spiro atoms. The first kappa shape index (κ1) is 16.4. The number of rotatable bonds is 2. The first-order valence-electron chi connectivity index (χ1n) is 5.83. The summed E-state index contributed by atoms with van der Waals surface area (Å²) in [5, 5.41) is 10.7. The van der Waals surface area contributed by atoms with Gasteiger partial charge in [-0.15, -0.1) is 12.4 Å². The van der Waals surface area contributed by atoms with Gasteiger partial charge in [0.1, 0.15) is 0 Å². The molecule has 1 aromatic carbocycles. The van der Waals surface area contributed by atoms with Crippen LogP contribution in [0, 0.1) is 5.41 Å². The molecule has 4 nitrogen and oxygen atoms in total. The summed E-state index contributed by atoms with van der Waals surface area (Å²) in [4.78, 5) is 0. The molecule has 1 aliphatic rings. The Balaban J connectivity index is 0.00000180. The minimum Gasteiger partial charge on any atom is -0.454 e. The Morgan fingerprint density at radius 1 is 1.26 bits per heavy atom. The fourth-order valence-electron chi connectivity index (χ4n) is 1.90. The maximum Gasteiger partial charge on any atom is 0.231 e. The Kier molecular flexibility index (Phi) is 4.96. The molecule has 0 unspecified atom stereocenters. The Hall–Kier alpha value is -0.680. The maximum absolute atomic E-state index is 10.2. The lowest BCUT2D eigenvalue weighted by molar-refractivity contribution is 0.0401. The zero-order chi connectivity index (χ0) is 13.5. The molecule has 0 saturated heterocycles. The Morgan fingerprint density at radius 3 is 2.32 bits per heavy atom. The Bertz CT molecular complexity index is 460. The third-order valence-electron chi connectivity index (χ3n) is 3.08. The van der Waals surface area contributed by atoms with E-state index in [1.165, 1.54) is 0 Å². The number of halogens is 2. The van der Waals surface area contributed by atoms with E-state index in [4.69, 9.17) is 26.8 Å². The summed E-state index contributed by atoms with van der Waals surface area (Å²) in [6.45, 7) is 5.97. The van der Waals surface area contributed by atoms with Crippen molar-refractivity contribution in [2.24, 2.45) is 11.1 Å². The molecule has 108 valence electrons. The lowest BCUT2D eigenvalue weighted by Gasteiger charge is -2.31. The van der Waals surface area contributed by atoms with Crippen LogP contribution in [0.5, 0.6) is 11.5 Å².